The normalized spacial score (nSPS) is 12.6. The van der Waals surface area contributed by atoms with Crippen LogP contribution in [0.25, 0.3) is 11.3 Å². The van der Waals surface area contributed by atoms with Crippen LogP contribution < -0.4 is 5.32 Å². The van der Waals surface area contributed by atoms with Crippen molar-refractivity contribution in [2.75, 3.05) is 5.32 Å². The van der Waals surface area contributed by atoms with Gasteiger partial charge in [0.2, 0.25) is 0 Å². The maximum atomic E-state index is 12.2. The van der Waals surface area contributed by atoms with Crippen molar-refractivity contribution < 1.29 is 4.79 Å². The van der Waals surface area contributed by atoms with Gasteiger partial charge in [0.05, 0.1) is 5.69 Å². The van der Waals surface area contributed by atoms with Crippen LogP contribution in [0.4, 0.5) is 5.13 Å². The van der Waals surface area contributed by atoms with Crippen LogP contribution in [0.3, 0.4) is 0 Å². The van der Waals surface area contributed by atoms with E-state index in [1.54, 1.807) is 35.3 Å². The molecule has 0 fully saturated rings. The zero-order valence-corrected chi connectivity index (χ0v) is 12.9. The van der Waals surface area contributed by atoms with E-state index >= 15 is 0 Å². The fourth-order valence-corrected chi connectivity index (χ4v) is 3.73. The summed E-state index contributed by atoms with van der Waals surface area (Å²) in [5.41, 5.74) is 4.03. The molecule has 0 spiro atoms. The summed E-state index contributed by atoms with van der Waals surface area (Å²) in [4.78, 5) is 18.1. The van der Waals surface area contributed by atoms with Gasteiger partial charge in [0.15, 0.2) is 5.13 Å². The average Bonchev–Trinajstić information content (AvgIpc) is 3.12. The van der Waals surface area contributed by atoms with Crippen molar-refractivity contribution in [3.63, 3.8) is 0 Å². The molecular formula is C16H14N4OS. The van der Waals surface area contributed by atoms with E-state index in [2.05, 4.69) is 33.6 Å². The van der Waals surface area contributed by atoms with Crippen LogP contribution >= 0.6 is 11.3 Å². The fourth-order valence-electron chi connectivity index (χ4n) is 2.76. The molecule has 2 aromatic heterocycles. The Labute approximate surface area is 131 Å². The highest BCUT2D eigenvalue weighted by Gasteiger charge is 2.21. The predicted molar refractivity (Wildman–Crippen MR) is 86.1 cm³/mol. The first-order valence-corrected chi connectivity index (χ1v) is 7.91. The summed E-state index contributed by atoms with van der Waals surface area (Å²) >= 11 is 1.56. The predicted octanol–water partition coefficient (Wildman–Crippen LogP) is 2.89. The molecule has 5 nitrogen and oxygen atoms in total. The molecule has 1 N–H and O–H groups in total. The van der Waals surface area contributed by atoms with Gasteiger partial charge in [-0.25, -0.2) is 4.98 Å². The average molecular weight is 310 g/mol. The van der Waals surface area contributed by atoms with Gasteiger partial charge >= 0.3 is 0 Å². The molecule has 110 valence electrons. The van der Waals surface area contributed by atoms with E-state index in [1.165, 1.54) is 16.0 Å². The first-order chi connectivity index (χ1) is 10.7. The molecule has 0 saturated carbocycles. The van der Waals surface area contributed by atoms with E-state index in [1.807, 2.05) is 6.07 Å². The maximum absolute atomic E-state index is 12.2. The number of carbonyl (C=O) groups is 1. The smallest absolute Gasteiger partial charge is 0.275 e. The molecular weight excluding hydrogens is 296 g/mol. The van der Waals surface area contributed by atoms with Gasteiger partial charge in [-0.05, 0) is 24.5 Å². The quantitative estimate of drug-likeness (QED) is 0.792. The summed E-state index contributed by atoms with van der Waals surface area (Å²) in [6.45, 7) is 0. The monoisotopic (exact) mass is 310 g/mol. The largest absolute Gasteiger partial charge is 0.296 e. The number of nitrogens with one attached hydrogen (secondary N) is 1. The zero-order valence-electron chi connectivity index (χ0n) is 12.0. The standard InChI is InChI=1S/C16H14N4OS/c1-20-12(8-9-17-20)15(21)19-16-18-14-11-5-3-2-4-10(11)6-7-13(14)22-16/h2-5,8-9H,6-7H2,1H3,(H,18,19,21). The van der Waals surface area contributed by atoms with Crippen LogP contribution in [0.15, 0.2) is 36.5 Å². The number of aryl methyl sites for hydroxylation is 3. The molecule has 0 unspecified atom stereocenters. The number of fused-ring (bicyclic) bond motifs is 3. The number of thiazole rings is 1. The molecule has 0 saturated heterocycles. The lowest BCUT2D eigenvalue weighted by Crippen LogP contribution is -2.15. The Kier molecular flexibility index (Phi) is 3.04. The SMILES string of the molecule is Cn1nccc1C(=O)Nc1nc2c(s1)CCc1ccccc1-2. The summed E-state index contributed by atoms with van der Waals surface area (Å²) in [6.07, 6.45) is 3.62. The topological polar surface area (TPSA) is 59.8 Å². The van der Waals surface area contributed by atoms with Crippen molar-refractivity contribution in [2.45, 2.75) is 12.8 Å². The molecule has 3 aromatic rings. The van der Waals surface area contributed by atoms with Gasteiger partial charge in [0, 0.05) is 23.7 Å². The highest BCUT2D eigenvalue weighted by molar-refractivity contribution is 7.16. The number of amides is 1. The number of anilines is 1. The summed E-state index contributed by atoms with van der Waals surface area (Å²) < 4.78 is 1.55. The van der Waals surface area contributed by atoms with Crippen LogP contribution in [0.2, 0.25) is 0 Å². The highest BCUT2D eigenvalue weighted by atomic mass is 32.1. The molecule has 2 heterocycles. The minimum atomic E-state index is -0.181. The van der Waals surface area contributed by atoms with Gasteiger partial charge in [-0.3, -0.25) is 14.8 Å². The van der Waals surface area contributed by atoms with E-state index in [0.29, 0.717) is 10.8 Å². The molecule has 0 bridgehead atoms. The van der Waals surface area contributed by atoms with Crippen molar-refractivity contribution in [1.29, 1.82) is 0 Å². The van der Waals surface area contributed by atoms with Crippen molar-refractivity contribution >= 4 is 22.4 Å². The van der Waals surface area contributed by atoms with Crippen LogP contribution in [0.5, 0.6) is 0 Å². The van der Waals surface area contributed by atoms with Crippen molar-refractivity contribution in [3.05, 3.63) is 52.7 Å². The Morgan fingerprint density at radius 1 is 1.27 bits per heavy atom. The fraction of sp³-hybridized carbons (Fsp3) is 0.188. The van der Waals surface area contributed by atoms with Crippen LogP contribution in [0, 0.1) is 0 Å². The maximum Gasteiger partial charge on any atom is 0.275 e. The Morgan fingerprint density at radius 3 is 2.95 bits per heavy atom. The van der Waals surface area contributed by atoms with Crippen LogP contribution in [-0.2, 0) is 19.9 Å². The van der Waals surface area contributed by atoms with Gasteiger partial charge in [0.1, 0.15) is 5.69 Å². The Morgan fingerprint density at radius 2 is 2.14 bits per heavy atom. The van der Waals surface area contributed by atoms with E-state index in [9.17, 15) is 4.79 Å². The van der Waals surface area contributed by atoms with E-state index in [-0.39, 0.29) is 5.91 Å². The number of nitrogens with zero attached hydrogens (tertiary/aromatic N) is 3. The second-order valence-corrected chi connectivity index (χ2v) is 6.33. The number of aromatic nitrogens is 3. The number of hydrogen-bond acceptors (Lipinski definition) is 4. The molecule has 0 radical (unpaired) electrons. The third-order valence-electron chi connectivity index (χ3n) is 3.87. The summed E-state index contributed by atoms with van der Waals surface area (Å²) in [6, 6.07) is 10.0. The molecule has 1 amide bonds. The van der Waals surface area contributed by atoms with Gasteiger partial charge in [-0.1, -0.05) is 24.3 Å². The molecule has 4 rings (SSSR count). The van der Waals surface area contributed by atoms with Crippen LogP contribution in [-0.4, -0.2) is 20.7 Å². The third-order valence-corrected chi connectivity index (χ3v) is 4.90. The molecule has 1 aliphatic carbocycles. The zero-order chi connectivity index (χ0) is 15.1. The number of carbonyl (C=O) groups excluding carboxylic acids is 1. The van der Waals surface area contributed by atoms with Crippen molar-refractivity contribution in [2.24, 2.45) is 7.05 Å². The molecule has 22 heavy (non-hydrogen) atoms. The lowest BCUT2D eigenvalue weighted by atomic mass is 9.94. The first kappa shape index (κ1) is 13.2. The molecule has 0 atom stereocenters. The minimum Gasteiger partial charge on any atom is -0.296 e. The Balaban J connectivity index is 1.65. The van der Waals surface area contributed by atoms with Crippen molar-refractivity contribution in [1.82, 2.24) is 14.8 Å². The summed E-state index contributed by atoms with van der Waals surface area (Å²) in [5.74, 6) is -0.181. The second-order valence-electron chi connectivity index (χ2n) is 5.24. The van der Waals surface area contributed by atoms with E-state index < -0.39 is 0 Å². The first-order valence-electron chi connectivity index (χ1n) is 7.10. The van der Waals surface area contributed by atoms with Gasteiger partial charge < -0.3 is 0 Å². The highest BCUT2D eigenvalue weighted by Crippen LogP contribution is 2.37. The number of hydrogen-bond donors (Lipinski definition) is 1. The second kappa shape index (κ2) is 5.06. The Bertz CT molecular complexity index is 865. The lowest BCUT2D eigenvalue weighted by molar-refractivity contribution is 0.101. The molecule has 1 aromatic carbocycles. The van der Waals surface area contributed by atoms with Gasteiger partial charge in [-0.2, -0.15) is 5.10 Å². The Hall–Kier alpha value is -2.47. The number of rotatable bonds is 2. The third kappa shape index (κ3) is 2.12. The van der Waals surface area contributed by atoms with Crippen LogP contribution in [0.1, 0.15) is 20.9 Å². The molecule has 1 aliphatic rings. The number of benzene rings is 1. The van der Waals surface area contributed by atoms with E-state index in [4.69, 9.17) is 0 Å². The van der Waals surface area contributed by atoms with Gasteiger partial charge in [-0.15, -0.1) is 11.3 Å². The van der Waals surface area contributed by atoms with Gasteiger partial charge in [0.25, 0.3) is 5.91 Å². The van der Waals surface area contributed by atoms with Crippen molar-refractivity contribution in [3.8, 4) is 11.3 Å². The minimum absolute atomic E-state index is 0.181. The lowest BCUT2D eigenvalue weighted by Gasteiger charge is -2.13. The summed E-state index contributed by atoms with van der Waals surface area (Å²) in [7, 11) is 1.75. The summed E-state index contributed by atoms with van der Waals surface area (Å²) in [5, 5.41) is 7.54. The molecule has 6 heteroatoms. The van der Waals surface area contributed by atoms with E-state index in [0.717, 1.165) is 18.5 Å². The molecule has 0 aliphatic heterocycles.